The summed E-state index contributed by atoms with van der Waals surface area (Å²) in [6.45, 7) is 9.94. The Morgan fingerprint density at radius 3 is 2.43 bits per heavy atom. The monoisotopic (exact) mass is 720 g/mol. The van der Waals surface area contributed by atoms with Gasteiger partial charge in [0.25, 0.3) is 5.56 Å². The smallest absolute Gasteiger partial charge is 0.338 e. The summed E-state index contributed by atoms with van der Waals surface area (Å²) in [5, 5.41) is 0. The number of carbonyl (C=O) groups excluding carboxylic acids is 1. The molecule has 222 valence electrons. The molecule has 0 N–H and O–H groups in total. The van der Waals surface area contributed by atoms with Crippen LogP contribution in [0.1, 0.15) is 37.9 Å². The van der Waals surface area contributed by atoms with Crippen molar-refractivity contribution in [2.45, 2.75) is 26.8 Å². The number of carbonyl (C=O) groups is 1. The molecular weight excluding hydrogens is 692 g/mol. The summed E-state index contributed by atoms with van der Waals surface area (Å²) in [4.78, 5) is 32.5. The normalized spacial score (nSPS) is 14.6. The maximum atomic E-state index is 14.1. The number of benzene rings is 2. The number of thiazole rings is 1. The van der Waals surface area contributed by atoms with E-state index in [1.54, 1.807) is 51.3 Å². The molecule has 0 amide bonds. The predicted octanol–water partition coefficient (Wildman–Crippen LogP) is 5.30. The van der Waals surface area contributed by atoms with Crippen molar-refractivity contribution in [1.29, 1.82) is 0 Å². The highest BCUT2D eigenvalue weighted by Crippen LogP contribution is 2.41. The second-order valence-corrected chi connectivity index (χ2v) is 11.6. The lowest BCUT2D eigenvalue weighted by molar-refractivity contribution is -0.139. The van der Waals surface area contributed by atoms with Crippen molar-refractivity contribution in [3.8, 4) is 23.0 Å². The average molecular weight is 722 g/mol. The van der Waals surface area contributed by atoms with Crippen LogP contribution in [0.5, 0.6) is 23.0 Å². The number of hydrogen-bond acceptors (Lipinski definition) is 9. The fourth-order valence-corrected chi connectivity index (χ4v) is 6.69. The summed E-state index contributed by atoms with van der Waals surface area (Å²) in [5.41, 5.74) is 1.72. The summed E-state index contributed by atoms with van der Waals surface area (Å²) < 4.78 is 31.2. The lowest BCUT2D eigenvalue weighted by Gasteiger charge is -2.26. The van der Waals surface area contributed by atoms with E-state index in [1.807, 2.05) is 13.0 Å². The van der Waals surface area contributed by atoms with Gasteiger partial charge < -0.3 is 23.7 Å². The molecule has 0 aliphatic carbocycles. The number of rotatable bonds is 11. The van der Waals surface area contributed by atoms with Gasteiger partial charge in [0.1, 0.15) is 6.61 Å². The van der Waals surface area contributed by atoms with Crippen molar-refractivity contribution in [3.63, 3.8) is 0 Å². The number of ether oxygens (including phenoxy) is 5. The van der Waals surface area contributed by atoms with Crippen molar-refractivity contribution in [2.75, 3.05) is 34.0 Å². The third-order valence-electron chi connectivity index (χ3n) is 6.29. The van der Waals surface area contributed by atoms with Crippen LogP contribution in [0.3, 0.4) is 0 Å². The molecule has 0 radical (unpaired) electrons. The molecule has 0 unspecified atom stereocenters. The summed E-state index contributed by atoms with van der Waals surface area (Å²) >= 11 is 8.40. The van der Waals surface area contributed by atoms with Crippen LogP contribution < -0.4 is 33.8 Å². The van der Waals surface area contributed by atoms with Gasteiger partial charge in [0.05, 0.1) is 53.8 Å². The number of nitrogens with zero attached hydrogens (tertiary/aromatic N) is 2. The topological polar surface area (TPSA) is 97.6 Å². The van der Waals surface area contributed by atoms with Gasteiger partial charge in [0, 0.05) is 4.47 Å². The van der Waals surface area contributed by atoms with E-state index >= 15 is 0 Å². The van der Waals surface area contributed by atoms with Crippen LogP contribution in [0.2, 0.25) is 0 Å². The molecule has 12 heteroatoms. The largest absolute Gasteiger partial charge is 0.493 e. The molecule has 0 fully saturated rings. The van der Waals surface area contributed by atoms with Gasteiger partial charge in [0.2, 0.25) is 0 Å². The number of esters is 1. The molecule has 0 saturated carbocycles. The van der Waals surface area contributed by atoms with E-state index in [0.29, 0.717) is 71.3 Å². The third kappa shape index (κ3) is 6.20. The molecule has 3 aromatic rings. The highest BCUT2D eigenvalue weighted by atomic mass is 79.9. The van der Waals surface area contributed by atoms with E-state index in [1.165, 1.54) is 23.0 Å². The maximum absolute atomic E-state index is 14.1. The predicted molar refractivity (Wildman–Crippen MR) is 169 cm³/mol. The Balaban J connectivity index is 1.96. The molecule has 1 aliphatic heterocycles. The van der Waals surface area contributed by atoms with Crippen LogP contribution in [0.25, 0.3) is 6.08 Å². The van der Waals surface area contributed by atoms with E-state index in [0.717, 1.165) is 0 Å². The summed E-state index contributed by atoms with van der Waals surface area (Å²) in [7, 11) is 3.08. The Morgan fingerprint density at radius 2 is 1.79 bits per heavy atom. The second-order valence-electron chi connectivity index (χ2n) is 8.89. The number of aromatic nitrogens is 1. The first kappa shape index (κ1) is 31.6. The van der Waals surface area contributed by atoms with Gasteiger partial charge in [-0.25, -0.2) is 9.79 Å². The number of halogens is 2. The quantitative estimate of drug-likeness (QED) is 0.196. The molecule has 9 nitrogen and oxygen atoms in total. The fraction of sp³-hybridized carbons (Fsp3) is 0.300. The van der Waals surface area contributed by atoms with Crippen LogP contribution in [0.15, 0.2) is 66.9 Å². The van der Waals surface area contributed by atoms with Crippen LogP contribution in [0.4, 0.5) is 0 Å². The number of hydrogen-bond donors (Lipinski definition) is 0. The maximum Gasteiger partial charge on any atom is 0.338 e. The van der Waals surface area contributed by atoms with Crippen LogP contribution in [-0.2, 0) is 9.53 Å². The van der Waals surface area contributed by atoms with Gasteiger partial charge in [-0.1, -0.05) is 39.9 Å². The lowest BCUT2D eigenvalue weighted by atomic mass is 9.95. The van der Waals surface area contributed by atoms with Crippen molar-refractivity contribution in [1.82, 2.24) is 4.57 Å². The van der Waals surface area contributed by atoms with Crippen molar-refractivity contribution >= 4 is 55.2 Å². The molecule has 2 heterocycles. The van der Waals surface area contributed by atoms with E-state index < -0.39 is 12.0 Å². The second kappa shape index (κ2) is 13.7. The molecular formula is C30H30Br2N2O7S. The molecule has 0 saturated heterocycles. The number of methoxy groups -OCH3 is 2. The minimum absolute atomic E-state index is 0.170. The van der Waals surface area contributed by atoms with Gasteiger partial charge in [-0.2, -0.15) is 0 Å². The number of allylic oxidation sites excluding steroid dienone is 1. The first-order valence-corrected chi connectivity index (χ1v) is 15.4. The first-order chi connectivity index (χ1) is 20.2. The lowest BCUT2D eigenvalue weighted by Crippen LogP contribution is -2.40. The van der Waals surface area contributed by atoms with Gasteiger partial charge in [-0.3, -0.25) is 9.36 Å². The highest BCUT2D eigenvalue weighted by Gasteiger charge is 2.35. The minimum atomic E-state index is -0.836. The van der Waals surface area contributed by atoms with Gasteiger partial charge >= 0.3 is 5.97 Å². The van der Waals surface area contributed by atoms with Gasteiger partial charge in [-0.15, -0.1) is 0 Å². The molecule has 0 bridgehead atoms. The molecule has 4 rings (SSSR count). The van der Waals surface area contributed by atoms with Crippen molar-refractivity contribution in [2.24, 2.45) is 4.99 Å². The van der Waals surface area contributed by atoms with Crippen LogP contribution >= 0.6 is 43.2 Å². The van der Waals surface area contributed by atoms with E-state index in [4.69, 9.17) is 23.7 Å². The number of fused-ring (bicyclic) bond motifs is 1. The third-order valence-corrected chi connectivity index (χ3v) is 8.55. The first-order valence-electron chi connectivity index (χ1n) is 13.0. The molecule has 42 heavy (non-hydrogen) atoms. The van der Waals surface area contributed by atoms with Gasteiger partial charge in [0.15, 0.2) is 27.8 Å². The minimum Gasteiger partial charge on any atom is -0.493 e. The molecule has 1 aromatic heterocycles. The van der Waals surface area contributed by atoms with Crippen LogP contribution in [0, 0.1) is 0 Å². The Hall–Kier alpha value is -3.35. The van der Waals surface area contributed by atoms with E-state index in [-0.39, 0.29) is 17.7 Å². The molecule has 1 atom stereocenters. The Labute approximate surface area is 264 Å². The summed E-state index contributed by atoms with van der Waals surface area (Å²) in [5.74, 6) is 1.46. The average Bonchev–Trinajstić information content (AvgIpc) is 3.25. The van der Waals surface area contributed by atoms with Crippen LogP contribution in [-0.4, -0.2) is 44.6 Å². The molecule has 2 aromatic carbocycles. The zero-order valence-electron chi connectivity index (χ0n) is 23.8. The zero-order valence-corrected chi connectivity index (χ0v) is 27.8. The van der Waals surface area contributed by atoms with Crippen molar-refractivity contribution < 1.29 is 28.5 Å². The SMILES string of the molecule is C=CCOc1c(Br)cc(/C=c2/sc3n(c2=O)[C@H](c2cc(OC)c(OCC)cc2Br)C(C(=O)OCC)=C(C)N=3)cc1OC. The Kier molecular flexibility index (Phi) is 10.3. The van der Waals surface area contributed by atoms with E-state index in [9.17, 15) is 9.59 Å². The van der Waals surface area contributed by atoms with Gasteiger partial charge in [-0.05, 0) is 78.2 Å². The standard InChI is InChI=1S/C30H30Br2N2O7S/c1-7-10-41-27-20(32)11-17(12-23(27)38-6)13-24-28(35)34-26(18-14-21(37-5)22(39-8-2)15-19(18)31)25(29(36)40-9-3)16(4)33-30(34)42-24/h7,11-15,26H,1,8-10H2,2-6H3/b24-13+/t26-/m1/s1. The Morgan fingerprint density at radius 1 is 1.05 bits per heavy atom. The summed E-state index contributed by atoms with van der Waals surface area (Å²) in [6, 6.07) is 6.31. The van der Waals surface area contributed by atoms with E-state index in [2.05, 4.69) is 43.4 Å². The molecule has 0 spiro atoms. The highest BCUT2D eigenvalue weighted by molar-refractivity contribution is 9.10. The Bertz CT molecular complexity index is 1740. The molecule has 1 aliphatic rings. The zero-order chi connectivity index (χ0) is 30.6. The fourth-order valence-electron chi connectivity index (χ4n) is 4.53. The summed E-state index contributed by atoms with van der Waals surface area (Å²) in [6.07, 6.45) is 3.39. The van der Waals surface area contributed by atoms with Crippen molar-refractivity contribution in [3.05, 3.63) is 88.0 Å².